The molecular formula is C15H18ClN5OS2. The first-order valence-corrected chi connectivity index (χ1v) is 9.19. The number of hydrogen-bond donors (Lipinski definition) is 2. The van der Waals surface area contributed by atoms with Crippen molar-refractivity contribution in [2.24, 2.45) is 0 Å². The van der Waals surface area contributed by atoms with Gasteiger partial charge in [0.15, 0.2) is 0 Å². The number of thiazole rings is 1. The van der Waals surface area contributed by atoms with Crippen molar-refractivity contribution in [3.63, 3.8) is 0 Å². The SMILES string of the molecule is C1=CSC(Nc2ccc(N3CCOCC3)cn2)(c2nccs2)N1.Cl. The van der Waals surface area contributed by atoms with Crippen molar-refractivity contribution in [2.45, 2.75) is 4.99 Å². The van der Waals surface area contributed by atoms with Crippen molar-refractivity contribution < 1.29 is 4.74 Å². The van der Waals surface area contributed by atoms with Crippen LogP contribution >= 0.6 is 35.5 Å². The Labute approximate surface area is 155 Å². The minimum Gasteiger partial charge on any atom is -0.378 e. The van der Waals surface area contributed by atoms with E-state index in [1.165, 1.54) is 0 Å². The maximum atomic E-state index is 5.39. The molecule has 1 atom stereocenters. The Morgan fingerprint density at radius 1 is 1.25 bits per heavy atom. The summed E-state index contributed by atoms with van der Waals surface area (Å²) in [7, 11) is 0. The molecule has 1 fully saturated rings. The minimum atomic E-state index is -0.471. The van der Waals surface area contributed by atoms with Gasteiger partial charge in [0.1, 0.15) is 10.8 Å². The first kappa shape index (κ1) is 17.3. The highest BCUT2D eigenvalue weighted by Gasteiger charge is 2.37. The van der Waals surface area contributed by atoms with E-state index in [1.54, 1.807) is 23.1 Å². The smallest absolute Gasteiger partial charge is 0.215 e. The van der Waals surface area contributed by atoms with Gasteiger partial charge in [0, 0.05) is 30.9 Å². The molecule has 0 aliphatic carbocycles. The number of pyridine rings is 1. The molecule has 24 heavy (non-hydrogen) atoms. The Morgan fingerprint density at radius 2 is 2.12 bits per heavy atom. The largest absolute Gasteiger partial charge is 0.378 e. The second kappa shape index (κ2) is 7.60. The molecule has 9 heteroatoms. The van der Waals surface area contributed by atoms with Crippen molar-refractivity contribution in [2.75, 3.05) is 36.5 Å². The fourth-order valence-electron chi connectivity index (χ4n) is 2.60. The van der Waals surface area contributed by atoms with Crippen LogP contribution in [0.25, 0.3) is 0 Å². The molecule has 0 amide bonds. The van der Waals surface area contributed by atoms with E-state index in [-0.39, 0.29) is 12.4 Å². The maximum absolute atomic E-state index is 5.39. The highest BCUT2D eigenvalue weighted by Crippen LogP contribution is 2.39. The standard InChI is InChI=1S/C15H17N5OS2.ClH/c1-2-13(17-11-12(1)20-5-7-21-8-6-20)19-15(18-4-10-23-15)14-16-3-9-22-14;/h1-4,9-11,18H,5-8H2,(H,17,19);1H. The molecule has 2 aromatic rings. The number of rotatable bonds is 4. The van der Waals surface area contributed by atoms with Gasteiger partial charge in [-0.05, 0) is 17.5 Å². The number of nitrogens with one attached hydrogen (secondary N) is 2. The van der Waals surface area contributed by atoms with Gasteiger partial charge in [-0.2, -0.15) is 0 Å². The molecule has 2 aromatic heterocycles. The molecule has 1 saturated heterocycles. The van der Waals surface area contributed by atoms with E-state index in [9.17, 15) is 0 Å². The fraction of sp³-hybridized carbons (Fsp3) is 0.333. The normalized spacial score (nSPS) is 22.8. The number of anilines is 2. The number of nitrogens with zero attached hydrogens (tertiary/aromatic N) is 3. The maximum Gasteiger partial charge on any atom is 0.215 e. The number of thioether (sulfide) groups is 1. The molecular weight excluding hydrogens is 366 g/mol. The third-order valence-electron chi connectivity index (χ3n) is 3.76. The third-order valence-corrected chi connectivity index (χ3v) is 5.82. The van der Waals surface area contributed by atoms with Crippen LogP contribution in [0.2, 0.25) is 0 Å². The summed E-state index contributed by atoms with van der Waals surface area (Å²) in [5.41, 5.74) is 1.13. The summed E-state index contributed by atoms with van der Waals surface area (Å²) in [6.07, 6.45) is 5.66. The van der Waals surface area contributed by atoms with Crippen molar-refractivity contribution in [3.8, 4) is 0 Å². The van der Waals surface area contributed by atoms with Crippen LogP contribution in [-0.2, 0) is 9.73 Å². The van der Waals surface area contributed by atoms with E-state index in [0.717, 1.165) is 42.8 Å². The number of halogens is 1. The van der Waals surface area contributed by atoms with Gasteiger partial charge in [-0.3, -0.25) is 0 Å². The summed E-state index contributed by atoms with van der Waals surface area (Å²) in [6, 6.07) is 4.12. The fourth-order valence-corrected chi connectivity index (χ4v) is 4.33. The number of ether oxygens (including phenoxy) is 1. The summed E-state index contributed by atoms with van der Waals surface area (Å²) in [6.45, 7) is 3.39. The molecule has 6 nitrogen and oxygen atoms in total. The van der Waals surface area contributed by atoms with E-state index in [1.807, 2.05) is 35.4 Å². The highest BCUT2D eigenvalue weighted by molar-refractivity contribution is 8.03. The summed E-state index contributed by atoms with van der Waals surface area (Å²) in [5, 5.41) is 11.8. The zero-order valence-corrected chi connectivity index (χ0v) is 15.3. The number of morpholine rings is 1. The lowest BCUT2D eigenvalue weighted by Crippen LogP contribution is -2.41. The lowest BCUT2D eigenvalue weighted by atomic mass is 10.3. The molecule has 4 rings (SSSR count). The van der Waals surface area contributed by atoms with Gasteiger partial charge >= 0.3 is 0 Å². The Hall–Kier alpha value is -1.48. The Morgan fingerprint density at radius 3 is 2.75 bits per heavy atom. The molecule has 2 aliphatic heterocycles. The minimum absolute atomic E-state index is 0. The van der Waals surface area contributed by atoms with Crippen LogP contribution in [0.15, 0.2) is 41.5 Å². The van der Waals surface area contributed by atoms with Gasteiger partial charge in [-0.15, -0.1) is 23.7 Å². The van der Waals surface area contributed by atoms with Gasteiger partial charge in [0.05, 0.1) is 25.1 Å². The van der Waals surface area contributed by atoms with Crippen LogP contribution in [0.4, 0.5) is 11.5 Å². The Bertz CT molecular complexity index is 666. The molecule has 2 N–H and O–H groups in total. The Balaban J connectivity index is 0.00000169. The molecule has 1 unspecified atom stereocenters. The highest BCUT2D eigenvalue weighted by atomic mass is 35.5. The molecule has 2 aliphatic rings. The van der Waals surface area contributed by atoms with Gasteiger partial charge in [0.25, 0.3) is 0 Å². The molecule has 4 heterocycles. The van der Waals surface area contributed by atoms with Crippen LogP contribution in [-0.4, -0.2) is 36.3 Å². The van der Waals surface area contributed by atoms with Crippen LogP contribution < -0.4 is 15.5 Å². The van der Waals surface area contributed by atoms with E-state index in [0.29, 0.717) is 0 Å². The second-order valence-electron chi connectivity index (χ2n) is 5.21. The lowest BCUT2D eigenvalue weighted by molar-refractivity contribution is 0.122. The summed E-state index contributed by atoms with van der Waals surface area (Å²) >= 11 is 3.27. The molecule has 128 valence electrons. The van der Waals surface area contributed by atoms with Crippen molar-refractivity contribution in [3.05, 3.63) is 46.5 Å². The van der Waals surface area contributed by atoms with Gasteiger partial charge in [-0.1, -0.05) is 11.8 Å². The van der Waals surface area contributed by atoms with Gasteiger partial charge in [-0.25, -0.2) is 9.97 Å². The predicted octanol–water partition coefficient (Wildman–Crippen LogP) is 2.83. The number of aromatic nitrogens is 2. The van der Waals surface area contributed by atoms with E-state index in [4.69, 9.17) is 4.74 Å². The lowest BCUT2D eigenvalue weighted by Gasteiger charge is -2.30. The topological polar surface area (TPSA) is 62.3 Å². The van der Waals surface area contributed by atoms with E-state index >= 15 is 0 Å². The van der Waals surface area contributed by atoms with Crippen LogP contribution in [0.3, 0.4) is 0 Å². The third kappa shape index (κ3) is 3.46. The Kier molecular flexibility index (Phi) is 5.50. The molecule has 0 saturated carbocycles. The molecule has 0 spiro atoms. The van der Waals surface area contributed by atoms with Crippen LogP contribution in [0.1, 0.15) is 5.01 Å². The average Bonchev–Trinajstić information content (AvgIpc) is 3.29. The van der Waals surface area contributed by atoms with Gasteiger partial charge in [0.2, 0.25) is 4.99 Å². The quantitative estimate of drug-likeness (QED) is 0.841. The first-order chi connectivity index (χ1) is 11.4. The predicted molar refractivity (Wildman–Crippen MR) is 102 cm³/mol. The van der Waals surface area contributed by atoms with Crippen molar-refractivity contribution in [1.29, 1.82) is 0 Å². The molecule has 0 radical (unpaired) electrons. The molecule has 0 aromatic carbocycles. The van der Waals surface area contributed by atoms with Crippen molar-refractivity contribution in [1.82, 2.24) is 15.3 Å². The number of hydrogen-bond acceptors (Lipinski definition) is 8. The van der Waals surface area contributed by atoms with E-state index in [2.05, 4.69) is 31.6 Å². The van der Waals surface area contributed by atoms with Crippen LogP contribution in [0, 0.1) is 0 Å². The molecule has 0 bridgehead atoms. The summed E-state index contributed by atoms with van der Waals surface area (Å²) in [5.74, 6) is 0.820. The van der Waals surface area contributed by atoms with E-state index < -0.39 is 4.99 Å². The monoisotopic (exact) mass is 383 g/mol. The second-order valence-corrected chi connectivity index (χ2v) is 7.22. The summed E-state index contributed by atoms with van der Waals surface area (Å²) < 4.78 is 5.39. The van der Waals surface area contributed by atoms with Crippen LogP contribution in [0.5, 0.6) is 0 Å². The zero-order chi connectivity index (χ0) is 15.5. The zero-order valence-electron chi connectivity index (χ0n) is 12.8. The average molecular weight is 384 g/mol. The van der Waals surface area contributed by atoms with Crippen molar-refractivity contribution >= 4 is 47.0 Å². The van der Waals surface area contributed by atoms with Gasteiger partial charge < -0.3 is 20.3 Å². The first-order valence-electron chi connectivity index (χ1n) is 7.43. The summed E-state index contributed by atoms with van der Waals surface area (Å²) in [4.78, 5) is 10.8.